The van der Waals surface area contributed by atoms with Crippen LogP contribution >= 0.6 is 11.3 Å². The zero-order valence-corrected chi connectivity index (χ0v) is 17.5. The van der Waals surface area contributed by atoms with Gasteiger partial charge in [-0.05, 0) is 43.2 Å². The number of thiazole rings is 1. The van der Waals surface area contributed by atoms with Gasteiger partial charge in [0, 0.05) is 24.0 Å². The van der Waals surface area contributed by atoms with Crippen LogP contribution < -0.4 is 4.74 Å². The summed E-state index contributed by atoms with van der Waals surface area (Å²) >= 11 is 1.56. The first-order valence-electron chi connectivity index (χ1n) is 9.80. The Morgan fingerprint density at radius 3 is 2.62 bits per heavy atom. The molecule has 0 spiro atoms. The largest absolute Gasteiger partial charge is 0.494 e. The summed E-state index contributed by atoms with van der Waals surface area (Å²) in [5.41, 5.74) is 3.06. The van der Waals surface area contributed by atoms with E-state index in [-0.39, 0.29) is 5.91 Å². The first kappa shape index (κ1) is 20.8. The molecule has 1 heterocycles. The van der Waals surface area contributed by atoms with Gasteiger partial charge in [0.1, 0.15) is 10.8 Å². The van der Waals surface area contributed by atoms with E-state index < -0.39 is 0 Å². The molecule has 0 aliphatic rings. The Morgan fingerprint density at radius 1 is 1.17 bits per heavy atom. The third-order valence-electron chi connectivity index (χ3n) is 4.51. The van der Waals surface area contributed by atoms with Gasteiger partial charge < -0.3 is 9.64 Å². The Bertz CT molecular complexity index is 920. The number of ether oxygens (including phenoxy) is 1. The molecular formula is C24H26N2O2S. The van der Waals surface area contributed by atoms with Gasteiger partial charge in [-0.1, -0.05) is 36.4 Å². The number of aromatic nitrogens is 1. The minimum absolute atomic E-state index is 0.0735. The molecular weight excluding hydrogens is 380 g/mol. The molecule has 0 saturated carbocycles. The summed E-state index contributed by atoms with van der Waals surface area (Å²) in [4.78, 5) is 19.3. The average Bonchev–Trinajstić information content (AvgIpc) is 3.21. The Balaban J connectivity index is 1.61. The molecule has 150 valence electrons. The van der Waals surface area contributed by atoms with E-state index in [0.29, 0.717) is 26.1 Å². The van der Waals surface area contributed by atoms with Crippen LogP contribution in [-0.2, 0) is 17.6 Å². The quantitative estimate of drug-likeness (QED) is 0.445. The lowest BCUT2D eigenvalue weighted by Crippen LogP contribution is -2.34. The number of rotatable bonds is 10. The molecule has 0 saturated heterocycles. The second-order valence-corrected chi connectivity index (χ2v) is 7.50. The van der Waals surface area contributed by atoms with E-state index in [9.17, 15) is 4.79 Å². The SMILES string of the molecule is C=CCN(CCc1ccccc1)C(=O)Cc1csc(-c2ccc(OCC)cc2)n1. The number of nitrogens with zero attached hydrogens (tertiary/aromatic N) is 2. The highest BCUT2D eigenvalue weighted by molar-refractivity contribution is 7.13. The predicted octanol–water partition coefficient (Wildman–Crippen LogP) is 5.01. The minimum Gasteiger partial charge on any atom is -0.494 e. The lowest BCUT2D eigenvalue weighted by molar-refractivity contribution is -0.130. The second kappa shape index (κ2) is 10.6. The van der Waals surface area contributed by atoms with Gasteiger partial charge in [0.05, 0.1) is 18.7 Å². The van der Waals surface area contributed by atoms with Crippen LogP contribution in [0.1, 0.15) is 18.2 Å². The number of hydrogen-bond donors (Lipinski definition) is 0. The normalized spacial score (nSPS) is 10.5. The van der Waals surface area contributed by atoms with Crippen molar-refractivity contribution >= 4 is 17.2 Å². The minimum atomic E-state index is 0.0735. The second-order valence-electron chi connectivity index (χ2n) is 6.64. The number of carbonyl (C=O) groups excluding carboxylic acids is 1. The van der Waals surface area contributed by atoms with Gasteiger partial charge in [-0.25, -0.2) is 4.98 Å². The van der Waals surface area contributed by atoms with Crippen molar-refractivity contribution in [2.24, 2.45) is 0 Å². The fourth-order valence-corrected chi connectivity index (χ4v) is 3.86. The molecule has 3 aromatic rings. The maximum absolute atomic E-state index is 12.8. The summed E-state index contributed by atoms with van der Waals surface area (Å²) in [6.07, 6.45) is 2.90. The van der Waals surface area contributed by atoms with E-state index in [1.165, 1.54) is 5.56 Å². The van der Waals surface area contributed by atoms with E-state index in [1.807, 2.05) is 59.7 Å². The molecule has 0 bridgehead atoms. The van der Waals surface area contributed by atoms with E-state index >= 15 is 0 Å². The number of carbonyl (C=O) groups is 1. The summed E-state index contributed by atoms with van der Waals surface area (Å²) in [6, 6.07) is 18.1. The highest BCUT2D eigenvalue weighted by Gasteiger charge is 2.15. The Morgan fingerprint density at radius 2 is 1.93 bits per heavy atom. The molecule has 1 aromatic heterocycles. The number of benzene rings is 2. The van der Waals surface area contributed by atoms with E-state index in [4.69, 9.17) is 4.74 Å². The molecule has 0 N–H and O–H groups in total. The molecule has 5 heteroatoms. The van der Waals surface area contributed by atoms with Crippen LogP contribution in [0.15, 0.2) is 72.6 Å². The van der Waals surface area contributed by atoms with Crippen molar-refractivity contribution in [2.45, 2.75) is 19.8 Å². The maximum atomic E-state index is 12.8. The fraction of sp³-hybridized carbons (Fsp3) is 0.250. The zero-order valence-electron chi connectivity index (χ0n) is 16.7. The molecule has 4 nitrogen and oxygen atoms in total. The predicted molar refractivity (Wildman–Crippen MR) is 119 cm³/mol. The van der Waals surface area contributed by atoms with Crippen molar-refractivity contribution in [1.29, 1.82) is 0 Å². The smallest absolute Gasteiger partial charge is 0.228 e. The van der Waals surface area contributed by atoms with Crippen molar-refractivity contribution in [1.82, 2.24) is 9.88 Å². The summed E-state index contributed by atoms with van der Waals surface area (Å²) in [5, 5.41) is 2.88. The first-order chi connectivity index (χ1) is 14.2. The Hall–Kier alpha value is -2.92. The van der Waals surface area contributed by atoms with Crippen LogP contribution in [-0.4, -0.2) is 35.5 Å². The molecule has 0 atom stereocenters. The molecule has 29 heavy (non-hydrogen) atoms. The Kier molecular flexibility index (Phi) is 7.59. The third-order valence-corrected chi connectivity index (χ3v) is 5.45. The molecule has 0 aliphatic heterocycles. The van der Waals surface area contributed by atoms with Crippen molar-refractivity contribution in [3.63, 3.8) is 0 Å². The summed E-state index contributed by atoms with van der Waals surface area (Å²) < 4.78 is 5.48. The Labute approximate surface area is 176 Å². The van der Waals surface area contributed by atoms with Crippen LogP contribution in [0.5, 0.6) is 5.75 Å². The van der Waals surface area contributed by atoms with Gasteiger partial charge in [0.25, 0.3) is 0 Å². The highest BCUT2D eigenvalue weighted by atomic mass is 32.1. The summed E-state index contributed by atoms with van der Waals surface area (Å²) in [7, 11) is 0. The topological polar surface area (TPSA) is 42.4 Å². The van der Waals surface area contributed by atoms with Crippen LogP contribution in [0.4, 0.5) is 0 Å². The van der Waals surface area contributed by atoms with Crippen LogP contribution in [0.25, 0.3) is 10.6 Å². The molecule has 0 aliphatic carbocycles. The molecule has 3 rings (SSSR count). The van der Waals surface area contributed by atoms with Gasteiger partial charge in [-0.3, -0.25) is 4.79 Å². The average molecular weight is 407 g/mol. The van der Waals surface area contributed by atoms with Gasteiger partial charge >= 0.3 is 0 Å². The van der Waals surface area contributed by atoms with E-state index in [1.54, 1.807) is 17.4 Å². The monoisotopic (exact) mass is 406 g/mol. The zero-order chi connectivity index (χ0) is 20.5. The van der Waals surface area contributed by atoms with Crippen molar-refractivity contribution < 1.29 is 9.53 Å². The van der Waals surface area contributed by atoms with Gasteiger partial charge in [0.15, 0.2) is 0 Å². The molecule has 0 radical (unpaired) electrons. The summed E-state index contributed by atoms with van der Waals surface area (Å²) in [5.74, 6) is 0.922. The number of amides is 1. The van der Waals surface area contributed by atoms with Crippen LogP contribution in [0.2, 0.25) is 0 Å². The van der Waals surface area contributed by atoms with Crippen LogP contribution in [0.3, 0.4) is 0 Å². The maximum Gasteiger partial charge on any atom is 0.228 e. The van der Waals surface area contributed by atoms with Gasteiger partial charge in [-0.15, -0.1) is 17.9 Å². The molecule has 0 fully saturated rings. The number of hydrogen-bond acceptors (Lipinski definition) is 4. The van der Waals surface area contributed by atoms with E-state index in [2.05, 4.69) is 23.7 Å². The third kappa shape index (κ3) is 6.03. The molecule has 0 unspecified atom stereocenters. The van der Waals surface area contributed by atoms with Crippen molar-refractivity contribution in [2.75, 3.05) is 19.7 Å². The van der Waals surface area contributed by atoms with Gasteiger partial charge in [-0.2, -0.15) is 0 Å². The lowest BCUT2D eigenvalue weighted by atomic mass is 10.1. The van der Waals surface area contributed by atoms with Gasteiger partial charge in [0.2, 0.25) is 5.91 Å². The van der Waals surface area contributed by atoms with Crippen molar-refractivity contribution in [3.05, 3.63) is 83.9 Å². The van der Waals surface area contributed by atoms with E-state index in [0.717, 1.165) is 28.4 Å². The highest BCUT2D eigenvalue weighted by Crippen LogP contribution is 2.26. The summed E-state index contributed by atoms with van der Waals surface area (Å²) in [6.45, 7) is 7.62. The molecule has 1 amide bonds. The van der Waals surface area contributed by atoms with Crippen molar-refractivity contribution in [3.8, 4) is 16.3 Å². The standard InChI is InChI=1S/C24H26N2O2S/c1-3-15-26(16-14-19-8-6-5-7-9-19)23(27)17-21-18-29-24(25-21)20-10-12-22(13-11-20)28-4-2/h3,5-13,18H,1,4,14-17H2,2H3. The van der Waals surface area contributed by atoms with Crippen LogP contribution in [0, 0.1) is 0 Å². The lowest BCUT2D eigenvalue weighted by Gasteiger charge is -2.21. The molecule has 2 aromatic carbocycles. The fourth-order valence-electron chi connectivity index (χ4n) is 3.03. The first-order valence-corrected chi connectivity index (χ1v) is 10.7.